The molecule has 1 atom stereocenters. The Hall–Kier alpha value is -1.02. The first kappa shape index (κ1) is 11.5. The zero-order valence-corrected chi connectivity index (χ0v) is 10.5. The van der Waals surface area contributed by atoms with Gasteiger partial charge in [0.15, 0.2) is 0 Å². The van der Waals surface area contributed by atoms with Gasteiger partial charge in [0.05, 0.1) is 6.61 Å². The Morgan fingerprint density at radius 3 is 2.88 bits per heavy atom. The van der Waals surface area contributed by atoms with Crippen LogP contribution in [0.5, 0.6) is 5.75 Å². The first-order chi connectivity index (χ1) is 7.70. The minimum absolute atomic E-state index is 0.645. The molecule has 1 heterocycles. The molecule has 88 valence electrons. The van der Waals surface area contributed by atoms with Crippen LogP contribution in [-0.4, -0.2) is 31.6 Å². The van der Waals surface area contributed by atoms with Crippen LogP contribution < -0.4 is 4.74 Å². The van der Waals surface area contributed by atoms with E-state index in [0.29, 0.717) is 5.92 Å². The summed E-state index contributed by atoms with van der Waals surface area (Å²) in [7, 11) is 2.19. The second kappa shape index (κ2) is 4.88. The van der Waals surface area contributed by atoms with E-state index in [2.05, 4.69) is 37.1 Å². The molecule has 2 heteroatoms. The van der Waals surface area contributed by atoms with Gasteiger partial charge in [0, 0.05) is 12.5 Å². The van der Waals surface area contributed by atoms with Crippen molar-refractivity contribution in [1.82, 2.24) is 4.90 Å². The average Bonchev–Trinajstić information content (AvgIpc) is 2.68. The van der Waals surface area contributed by atoms with E-state index in [9.17, 15) is 0 Å². The normalized spacial score (nSPS) is 21.3. The third-order valence-corrected chi connectivity index (χ3v) is 3.30. The number of likely N-dealkylation sites (N-methyl/N-ethyl adjacent to an activating group) is 1. The van der Waals surface area contributed by atoms with Crippen molar-refractivity contribution in [1.29, 1.82) is 0 Å². The number of aryl methyl sites for hydroxylation is 1. The van der Waals surface area contributed by atoms with E-state index in [0.717, 1.165) is 18.9 Å². The predicted octanol–water partition coefficient (Wildman–Crippen LogP) is 2.81. The van der Waals surface area contributed by atoms with Gasteiger partial charge < -0.3 is 9.64 Å². The summed E-state index contributed by atoms with van der Waals surface area (Å²) in [6.07, 6.45) is 1.25. The molecule has 0 spiro atoms. The Balaban J connectivity index is 2.26. The maximum atomic E-state index is 5.72. The van der Waals surface area contributed by atoms with Gasteiger partial charge in [-0.15, -0.1) is 0 Å². The lowest BCUT2D eigenvalue weighted by Gasteiger charge is -2.16. The lowest BCUT2D eigenvalue weighted by atomic mass is 9.96. The number of nitrogens with zero attached hydrogens (tertiary/aromatic N) is 1. The zero-order chi connectivity index (χ0) is 11.5. The van der Waals surface area contributed by atoms with Gasteiger partial charge in [0.2, 0.25) is 0 Å². The average molecular weight is 219 g/mol. The van der Waals surface area contributed by atoms with Crippen LogP contribution in [0.25, 0.3) is 0 Å². The first-order valence-electron chi connectivity index (χ1n) is 6.12. The summed E-state index contributed by atoms with van der Waals surface area (Å²) in [5.74, 6) is 1.72. The van der Waals surface area contributed by atoms with Crippen molar-refractivity contribution in [2.24, 2.45) is 0 Å². The van der Waals surface area contributed by atoms with Gasteiger partial charge in [-0.25, -0.2) is 0 Å². The third-order valence-electron chi connectivity index (χ3n) is 3.30. The summed E-state index contributed by atoms with van der Waals surface area (Å²) in [5, 5.41) is 0. The van der Waals surface area contributed by atoms with Gasteiger partial charge >= 0.3 is 0 Å². The monoisotopic (exact) mass is 219 g/mol. The predicted molar refractivity (Wildman–Crippen MR) is 67.2 cm³/mol. The van der Waals surface area contributed by atoms with Crippen LogP contribution in [0.2, 0.25) is 0 Å². The highest BCUT2D eigenvalue weighted by molar-refractivity contribution is 5.40. The molecule has 0 amide bonds. The standard InChI is InChI=1S/C14H21NO/c1-4-16-14-6-5-11(2)9-13(14)12-7-8-15(3)10-12/h5-6,9,12H,4,7-8,10H2,1-3H3/t12-/m1/s1. The molecule has 0 aliphatic carbocycles. The minimum atomic E-state index is 0.645. The largest absolute Gasteiger partial charge is 0.494 e. The van der Waals surface area contributed by atoms with E-state index in [1.165, 1.54) is 24.1 Å². The number of rotatable bonds is 3. The van der Waals surface area contributed by atoms with Crippen molar-refractivity contribution in [2.45, 2.75) is 26.2 Å². The molecule has 0 saturated carbocycles. The number of benzene rings is 1. The maximum Gasteiger partial charge on any atom is 0.122 e. The Kier molecular flexibility index (Phi) is 3.49. The Morgan fingerprint density at radius 1 is 1.44 bits per heavy atom. The van der Waals surface area contributed by atoms with E-state index in [1.54, 1.807) is 0 Å². The van der Waals surface area contributed by atoms with Crippen molar-refractivity contribution in [2.75, 3.05) is 26.7 Å². The topological polar surface area (TPSA) is 12.5 Å². The van der Waals surface area contributed by atoms with E-state index in [4.69, 9.17) is 4.74 Å². The minimum Gasteiger partial charge on any atom is -0.494 e. The van der Waals surface area contributed by atoms with Crippen molar-refractivity contribution in [3.05, 3.63) is 29.3 Å². The molecule has 1 aliphatic rings. The van der Waals surface area contributed by atoms with Crippen molar-refractivity contribution in [3.8, 4) is 5.75 Å². The summed E-state index contributed by atoms with van der Waals surface area (Å²) in [6.45, 7) is 7.30. The lowest BCUT2D eigenvalue weighted by Crippen LogP contribution is -2.13. The summed E-state index contributed by atoms with van der Waals surface area (Å²) in [6, 6.07) is 6.54. The number of ether oxygens (including phenoxy) is 1. The van der Waals surface area contributed by atoms with Crippen LogP contribution in [0.4, 0.5) is 0 Å². The molecule has 1 saturated heterocycles. The zero-order valence-electron chi connectivity index (χ0n) is 10.5. The van der Waals surface area contributed by atoms with Gasteiger partial charge in [-0.2, -0.15) is 0 Å². The maximum absolute atomic E-state index is 5.72. The summed E-state index contributed by atoms with van der Waals surface area (Å²) in [5.41, 5.74) is 2.72. The van der Waals surface area contributed by atoms with E-state index in [1.807, 2.05) is 6.92 Å². The van der Waals surface area contributed by atoms with Crippen molar-refractivity contribution in [3.63, 3.8) is 0 Å². The van der Waals surface area contributed by atoms with Gasteiger partial charge in [0.25, 0.3) is 0 Å². The van der Waals surface area contributed by atoms with Crippen molar-refractivity contribution < 1.29 is 4.74 Å². The molecule has 0 aromatic heterocycles. The van der Waals surface area contributed by atoms with Crippen LogP contribution in [0.15, 0.2) is 18.2 Å². The van der Waals surface area contributed by atoms with E-state index in [-0.39, 0.29) is 0 Å². The van der Waals surface area contributed by atoms with Gasteiger partial charge in [0.1, 0.15) is 5.75 Å². The molecule has 1 aromatic carbocycles. The smallest absolute Gasteiger partial charge is 0.122 e. The molecular formula is C14H21NO. The van der Waals surface area contributed by atoms with Crippen LogP contribution >= 0.6 is 0 Å². The lowest BCUT2D eigenvalue weighted by molar-refractivity contribution is 0.333. The Labute approximate surface area is 98.2 Å². The highest BCUT2D eigenvalue weighted by Crippen LogP contribution is 2.33. The fourth-order valence-corrected chi connectivity index (χ4v) is 2.46. The highest BCUT2D eigenvalue weighted by Gasteiger charge is 2.23. The Morgan fingerprint density at radius 2 is 2.25 bits per heavy atom. The molecule has 0 N–H and O–H groups in total. The molecule has 2 nitrogen and oxygen atoms in total. The van der Waals surface area contributed by atoms with Crippen LogP contribution in [0.1, 0.15) is 30.4 Å². The summed E-state index contributed by atoms with van der Waals surface area (Å²) < 4.78 is 5.72. The molecule has 0 unspecified atom stereocenters. The molecule has 16 heavy (non-hydrogen) atoms. The van der Waals surface area contributed by atoms with Crippen LogP contribution in [-0.2, 0) is 0 Å². The van der Waals surface area contributed by atoms with Gasteiger partial charge in [-0.3, -0.25) is 0 Å². The second-order valence-electron chi connectivity index (χ2n) is 4.72. The number of hydrogen-bond acceptors (Lipinski definition) is 2. The summed E-state index contributed by atoms with van der Waals surface area (Å²) in [4.78, 5) is 2.39. The van der Waals surface area contributed by atoms with Gasteiger partial charge in [-0.1, -0.05) is 17.7 Å². The SMILES string of the molecule is CCOc1ccc(C)cc1[C@@H]1CCN(C)C1. The van der Waals surface area contributed by atoms with Crippen LogP contribution in [0, 0.1) is 6.92 Å². The molecule has 1 aliphatic heterocycles. The van der Waals surface area contributed by atoms with E-state index < -0.39 is 0 Å². The molecule has 0 radical (unpaired) electrons. The molecule has 2 rings (SSSR count). The first-order valence-corrected chi connectivity index (χ1v) is 6.12. The van der Waals surface area contributed by atoms with Gasteiger partial charge in [-0.05, 0) is 45.5 Å². The fraction of sp³-hybridized carbons (Fsp3) is 0.571. The Bertz CT molecular complexity index is 362. The molecular weight excluding hydrogens is 198 g/mol. The van der Waals surface area contributed by atoms with Crippen LogP contribution in [0.3, 0.4) is 0 Å². The number of likely N-dealkylation sites (tertiary alicyclic amines) is 1. The quantitative estimate of drug-likeness (QED) is 0.775. The number of hydrogen-bond donors (Lipinski definition) is 0. The highest BCUT2D eigenvalue weighted by atomic mass is 16.5. The molecule has 0 bridgehead atoms. The molecule has 1 fully saturated rings. The third kappa shape index (κ3) is 2.38. The van der Waals surface area contributed by atoms with E-state index >= 15 is 0 Å². The fourth-order valence-electron chi connectivity index (χ4n) is 2.46. The second-order valence-corrected chi connectivity index (χ2v) is 4.72. The van der Waals surface area contributed by atoms with Crippen molar-refractivity contribution >= 4 is 0 Å². The molecule has 1 aromatic rings. The summed E-state index contributed by atoms with van der Waals surface area (Å²) >= 11 is 0.